The minimum absolute atomic E-state index is 0.142. The molecule has 1 aliphatic heterocycles. The largest absolute Gasteiger partial charge is 0.374 e. The van der Waals surface area contributed by atoms with E-state index < -0.39 is 0 Å². The number of morpholine rings is 1. The van der Waals surface area contributed by atoms with Gasteiger partial charge in [-0.3, -0.25) is 4.90 Å². The maximum atomic E-state index is 5.86. The van der Waals surface area contributed by atoms with Crippen molar-refractivity contribution in [2.75, 3.05) is 26.2 Å². The van der Waals surface area contributed by atoms with Gasteiger partial charge >= 0.3 is 0 Å². The highest BCUT2D eigenvalue weighted by Crippen LogP contribution is 2.09. The summed E-state index contributed by atoms with van der Waals surface area (Å²) in [5.74, 6) is 0. The summed E-state index contributed by atoms with van der Waals surface area (Å²) < 4.78 is 5.63. The highest BCUT2D eigenvalue weighted by atomic mass is 16.5. The molecule has 1 heterocycles. The minimum Gasteiger partial charge on any atom is -0.374 e. The van der Waals surface area contributed by atoms with E-state index in [-0.39, 0.29) is 12.1 Å². The van der Waals surface area contributed by atoms with Crippen LogP contribution < -0.4 is 5.73 Å². The third kappa shape index (κ3) is 5.10. The van der Waals surface area contributed by atoms with Crippen LogP contribution in [0.15, 0.2) is 12.7 Å². The number of hydrogen-bond donors (Lipinski definition) is 1. The average molecular weight is 226 g/mol. The lowest BCUT2D eigenvalue weighted by Gasteiger charge is -2.34. The topological polar surface area (TPSA) is 38.5 Å². The summed E-state index contributed by atoms with van der Waals surface area (Å²) in [5.41, 5.74) is 5.86. The van der Waals surface area contributed by atoms with Crippen LogP contribution in [0.5, 0.6) is 0 Å². The first kappa shape index (κ1) is 13.7. The van der Waals surface area contributed by atoms with E-state index in [1.165, 1.54) is 25.8 Å². The lowest BCUT2D eigenvalue weighted by molar-refractivity contribution is -0.0379. The molecule has 94 valence electrons. The Kier molecular flexibility index (Phi) is 6.69. The Morgan fingerprint density at radius 1 is 1.50 bits per heavy atom. The number of unbranched alkanes of at least 4 members (excludes halogenated alkanes) is 3. The van der Waals surface area contributed by atoms with E-state index in [2.05, 4.69) is 11.5 Å². The van der Waals surface area contributed by atoms with Gasteiger partial charge in [0.1, 0.15) is 0 Å². The van der Waals surface area contributed by atoms with Crippen LogP contribution in [0.1, 0.15) is 32.6 Å². The zero-order valence-electron chi connectivity index (χ0n) is 10.5. The van der Waals surface area contributed by atoms with Gasteiger partial charge in [-0.25, -0.2) is 0 Å². The third-order valence-electron chi connectivity index (χ3n) is 3.15. The van der Waals surface area contributed by atoms with E-state index in [1.54, 1.807) is 0 Å². The van der Waals surface area contributed by atoms with Crippen LogP contribution in [0.25, 0.3) is 0 Å². The first-order chi connectivity index (χ1) is 7.74. The average Bonchev–Trinajstić information content (AvgIpc) is 2.29. The van der Waals surface area contributed by atoms with Gasteiger partial charge in [0.2, 0.25) is 0 Å². The molecule has 0 spiro atoms. The van der Waals surface area contributed by atoms with Crippen LogP contribution in [0.2, 0.25) is 0 Å². The molecule has 0 bridgehead atoms. The summed E-state index contributed by atoms with van der Waals surface area (Å²) in [6.45, 7) is 9.84. The Labute approximate surface area is 99.6 Å². The van der Waals surface area contributed by atoms with Crippen molar-refractivity contribution in [2.24, 2.45) is 5.73 Å². The van der Waals surface area contributed by atoms with E-state index in [1.807, 2.05) is 13.0 Å². The number of hydrogen-bond acceptors (Lipinski definition) is 3. The molecule has 0 radical (unpaired) electrons. The first-order valence-electron chi connectivity index (χ1n) is 6.44. The Bertz CT molecular complexity index is 194. The normalized spacial score (nSPS) is 24.2. The first-order valence-corrected chi connectivity index (χ1v) is 6.44. The molecular formula is C13H26N2O. The molecule has 0 amide bonds. The minimum atomic E-state index is 0.142. The van der Waals surface area contributed by atoms with Crippen LogP contribution in [-0.4, -0.2) is 43.3 Å². The monoisotopic (exact) mass is 226 g/mol. The summed E-state index contributed by atoms with van der Waals surface area (Å²) in [6, 6.07) is 0.142. The van der Waals surface area contributed by atoms with E-state index in [4.69, 9.17) is 10.5 Å². The van der Waals surface area contributed by atoms with Crippen molar-refractivity contribution in [2.45, 2.75) is 44.8 Å². The molecule has 1 aliphatic rings. The number of nitrogens with two attached hydrogens (primary N) is 1. The van der Waals surface area contributed by atoms with E-state index >= 15 is 0 Å². The quantitative estimate of drug-likeness (QED) is 0.531. The molecule has 0 aliphatic carbocycles. The number of ether oxygens (including phenoxy) is 1. The molecule has 0 aromatic heterocycles. The molecule has 3 heteroatoms. The highest BCUT2D eigenvalue weighted by molar-refractivity contribution is 4.77. The zero-order chi connectivity index (χ0) is 11.8. The van der Waals surface area contributed by atoms with Crippen molar-refractivity contribution in [1.82, 2.24) is 4.90 Å². The van der Waals surface area contributed by atoms with Gasteiger partial charge in [-0.2, -0.15) is 0 Å². The second kappa shape index (κ2) is 7.82. The van der Waals surface area contributed by atoms with E-state index in [9.17, 15) is 0 Å². The Hall–Kier alpha value is -0.380. The van der Waals surface area contributed by atoms with Gasteiger partial charge in [0, 0.05) is 19.1 Å². The van der Waals surface area contributed by atoms with Gasteiger partial charge in [0.05, 0.1) is 12.7 Å². The summed E-state index contributed by atoms with van der Waals surface area (Å²) in [4.78, 5) is 2.48. The molecule has 16 heavy (non-hydrogen) atoms. The maximum Gasteiger partial charge on any atom is 0.0850 e. The number of rotatable bonds is 7. The molecule has 2 atom stereocenters. The standard InChI is InChI=1S/C13H26N2O/c1-3-4-5-6-7-8-15-9-10-16-13(11-15)12(2)14/h3,12-13H,1,4-11,14H2,2H3. The number of nitrogens with zero attached hydrogens (tertiary/aromatic N) is 1. The summed E-state index contributed by atoms with van der Waals surface area (Å²) in [6.07, 6.45) is 7.21. The van der Waals surface area contributed by atoms with Gasteiger partial charge in [-0.1, -0.05) is 12.5 Å². The van der Waals surface area contributed by atoms with Gasteiger partial charge in [0.25, 0.3) is 0 Å². The molecule has 0 saturated carbocycles. The van der Waals surface area contributed by atoms with Crippen molar-refractivity contribution in [1.29, 1.82) is 0 Å². The fourth-order valence-electron chi connectivity index (χ4n) is 2.05. The van der Waals surface area contributed by atoms with Crippen molar-refractivity contribution in [3.05, 3.63) is 12.7 Å². The molecule has 1 saturated heterocycles. The van der Waals surface area contributed by atoms with Gasteiger partial charge in [-0.05, 0) is 32.7 Å². The Morgan fingerprint density at radius 2 is 2.31 bits per heavy atom. The van der Waals surface area contributed by atoms with Crippen LogP contribution in [0.3, 0.4) is 0 Å². The van der Waals surface area contributed by atoms with E-state index in [0.29, 0.717) is 0 Å². The van der Waals surface area contributed by atoms with Crippen LogP contribution in [0, 0.1) is 0 Å². The predicted octanol–water partition coefficient (Wildman–Crippen LogP) is 1.78. The van der Waals surface area contributed by atoms with Crippen molar-refractivity contribution in [3.8, 4) is 0 Å². The SMILES string of the molecule is C=CCCCCCN1CCOC(C(C)N)C1. The molecular weight excluding hydrogens is 200 g/mol. The molecule has 3 nitrogen and oxygen atoms in total. The summed E-state index contributed by atoms with van der Waals surface area (Å²) >= 11 is 0. The van der Waals surface area contributed by atoms with Gasteiger partial charge in [0.15, 0.2) is 0 Å². The van der Waals surface area contributed by atoms with Crippen molar-refractivity contribution >= 4 is 0 Å². The fraction of sp³-hybridized carbons (Fsp3) is 0.846. The van der Waals surface area contributed by atoms with Gasteiger partial charge in [-0.15, -0.1) is 6.58 Å². The predicted molar refractivity (Wildman–Crippen MR) is 68.5 cm³/mol. The van der Waals surface area contributed by atoms with Crippen LogP contribution in [0.4, 0.5) is 0 Å². The zero-order valence-corrected chi connectivity index (χ0v) is 10.5. The molecule has 1 rings (SSSR count). The van der Waals surface area contributed by atoms with Crippen molar-refractivity contribution in [3.63, 3.8) is 0 Å². The fourth-order valence-corrected chi connectivity index (χ4v) is 2.05. The third-order valence-corrected chi connectivity index (χ3v) is 3.15. The molecule has 2 unspecified atom stereocenters. The smallest absolute Gasteiger partial charge is 0.0850 e. The van der Waals surface area contributed by atoms with Crippen molar-refractivity contribution < 1.29 is 4.74 Å². The maximum absolute atomic E-state index is 5.86. The molecule has 1 fully saturated rings. The summed E-state index contributed by atoms with van der Waals surface area (Å²) in [7, 11) is 0. The highest BCUT2D eigenvalue weighted by Gasteiger charge is 2.22. The van der Waals surface area contributed by atoms with Crippen LogP contribution >= 0.6 is 0 Å². The lowest BCUT2D eigenvalue weighted by atomic mass is 10.1. The second-order valence-electron chi connectivity index (χ2n) is 4.71. The molecule has 0 aromatic rings. The van der Waals surface area contributed by atoms with Gasteiger partial charge < -0.3 is 10.5 Å². The Balaban J connectivity index is 2.09. The molecule has 2 N–H and O–H groups in total. The Morgan fingerprint density at radius 3 is 3.00 bits per heavy atom. The lowest BCUT2D eigenvalue weighted by Crippen LogP contribution is -2.49. The summed E-state index contributed by atoms with van der Waals surface area (Å²) in [5, 5.41) is 0. The van der Waals surface area contributed by atoms with E-state index in [0.717, 1.165) is 26.1 Å². The van der Waals surface area contributed by atoms with Crippen LogP contribution in [-0.2, 0) is 4.74 Å². The second-order valence-corrected chi connectivity index (χ2v) is 4.71. The number of allylic oxidation sites excluding steroid dienone is 1. The molecule has 0 aromatic carbocycles.